The van der Waals surface area contributed by atoms with Crippen LogP contribution in [-0.4, -0.2) is 25.6 Å². The van der Waals surface area contributed by atoms with Crippen molar-refractivity contribution >= 4 is 25.7 Å². The van der Waals surface area contributed by atoms with Crippen LogP contribution in [-0.2, 0) is 9.26 Å². The van der Waals surface area contributed by atoms with Gasteiger partial charge in [0.1, 0.15) is 5.72 Å². The van der Waals surface area contributed by atoms with Crippen LogP contribution in [0.15, 0.2) is 12.3 Å². The first-order chi connectivity index (χ1) is 6.71. The van der Waals surface area contributed by atoms with Crippen molar-refractivity contribution in [3.05, 3.63) is 12.3 Å². The van der Waals surface area contributed by atoms with Crippen molar-refractivity contribution in [2.45, 2.75) is 50.4 Å². The highest BCUT2D eigenvalue weighted by molar-refractivity contribution is 9.09. The Bertz CT molecular complexity index is 250. The lowest BCUT2D eigenvalue weighted by atomic mass is 10.3. The number of alkyl halides is 1. The summed E-state index contributed by atoms with van der Waals surface area (Å²) in [5, 5.41) is 2.04. The van der Waals surface area contributed by atoms with Gasteiger partial charge in [0.25, 0.3) is 0 Å². The Hall–Kier alpha value is 0.157. The zero-order chi connectivity index (χ0) is 11.7. The van der Waals surface area contributed by atoms with E-state index >= 15 is 0 Å². The number of hydroxylamine groups is 2. The molecule has 0 N–H and O–H groups in total. The van der Waals surface area contributed by atoms with Crippen molar-refractivity contribution < 1.29 is 9.26 Å². The molecule has 0 radical (unpaired) electrons. The minimum atomic E-state index is -0.576. The van der Waals surface area contributed by atoms with Crippen LogP contribution in [0.4, 0.5) is 0 Å². The Balaban J connectivity index is 2.49. The first-order valence-electron chi connectivity index (χ1n) is 5.13. The monoisotopic (exact) mass is 293 g/mol. The van der Waals surface area contributed by atoms with Gasteiger partial charge in [0.05, 0.1) is 0 Å². The van der Waals surface area contributed by atoms with Crippen molar-refractivity contribution in [3.8, 4) is 0 Å². The molecule has 1 aliphatic heterocycles. The van der Waals surface area contributed by atoms with Gasteiger partial charge < -0.3 is 4.43 Å². The topological polar surface area (TPSA) is 21.7 Å². The van der Waals surface area contributed by atoms with E-state index in [4.69, 9.17) is 9.26 Å². The molecule has 0 saturated heterocycles. The van der Waals surface area contributed by atoms with Gasteiger partial charge in [0.15, 0.2) is 14.8 Å². The summed E-state index contributed by atoms with van der Waals surface area (Å²) in [5.74, 6) is 0. The van der Waals surface area contributed by atoms with Gasteiger partial charge in [-0.2, -0.15) is 0 Å². The Labute approximate surface area is 103 Å². The van der Waals surface area contributed by atoms with Crippen LogP contribution in [0.25, 0.3) is 0 Å². The lowest BCUT2D eigenvalue weighted by Crippen LogP contribution is -2.43. The number of nitrogens with zero attached hydrogens (tertiary/aromatic N) is 1. The Morgan fingerprint density at radius 2 is 1.93 bits per heavy atom. The summed E-state index contributed by atoms with van der Waals surface area (Å²) in [7, 11) is -0.576. The molecule has 5 heteroatoms. The molecule has 1 aliphatic rings. The van der Waals surface area contributed by atoms with Gasteiger partial charge in [0, 0.05) is 6.20 Å². The van der Waals surface area contributed by atoms with Crippen LogP contribution < -0.4 is 0 Å². The van der Waals surface area contributed by atoms with E-state index in [2.05, 4.69) is 36.7 Å². The zero-order valence-corrected chi connectivity index (χ0v) is 13.1. The van der Waals surface area contributed by atoms with Crippen molar-refractivity contribution in [2.75, 3.05) is 0 Å². The molecule has 0 bridgehead atoms. The lowest BCUT2D eigenvalue weighted by molar-refractivity contribution is -0.226. The molecule has 3 nitrogen and oxygen atoms in total. The largest absolute Gasteiger partial charge is 0.400 e. The predicted molar refractivity (Wildman–Crippen MR) is 68.2 cm³/mol. The minimum Gasteiger partial charge on any atom is -0.400 e. The summed E-state index contributed by atoms with van der Waals surface area (Å²) in [6.07, 6.45) is 3.86. The van der Waals surface area contributed by atoms with Gasteiger partial charge >= 0.3 is 0 Å². The Kier molecular flexibility index (Phi) is 4.03. The maximum absolute atomic E-state index is 5.99. The summed E-state index contributed by atoms with van der Waals surface area (Å²) < 4.78 is 5.99. The third kappa shape index (κ3) is 4.26. The maximum atomic E-state index is 5.99. The number of hydrogen-bond donors (Lipinski definition) is 0. The lowest BCUT2D eigenvalue weighted by Gasteiger charge is -2.36. The van der Waals surface area contributed by atoms with E-state index in [1.54, 1.807) is 5.06 Å². The van der Waals surface area contributed by atoms with Gasteiger partial charge in [-0.25, -0.2) is 5.06 Å². The van der Waals surface area contributed by atoms with E-state index < -0.39 is 9.76 Å². The van der Waals surface area contributed by atoms with E-state index in [1.807, 2.05) is 26.1 Å². The average molecular weight is 294 g/mol. The molecule has 0 aliphatic carbocycles. The van der Waals surface area contributed by atoms with Gasteiger partial charge in [0.2, 0.25) is 0 Å². The van der Waals surface area contributed by atoms with E-state index in [-0.39, 0.29) is 10.7 Å². The number of halogens is 1. The highest BCUT2D eigenvalue weighted by Gasteiger charge is 2.31. The van der Waals surface area contributed by atoms with Crippen LogP contribution >= 0.6 is 15.9 Å². The van der Waals surface area contributed by atoms with Gasteiger partial charge in [-0.05, 0) is 25.0 Å². The van der Waals surface area contributed by atoms with Crippen LogP contribution in [0, 0.1) is 0 Å². The second kappa shape index (κ2) is 4.57. The molecule has 0 amide bonds. The zero-order valence-electron chi connectivity index (χ0n) is 10.1. The Morgan fingerprint density at radius 1 is 1.33 bits per heavy atom. The molecule has 0 saturated carbocycles. The molecule has 1 unspecified atom stereocenters. The number of hydrogen-bond acceptors (Lipinski definition) is 3. The molecular formula is C10H20BrNO2Si. The van der Waals surface area contributed by atoms with E-state index in [9.17, 15) is 0 Å². The molecule has 88 valence electrons. The summed E-state index contributed by atoms with van der Waals surface area (Å²) in [4.78, 5) is 5.53. The third-order valence-corrected chi connectivity index (χ3v) is 4.17. The first-order valence-corrected chi connectivity index (χ1v) is 7.33. The quantitative estimate of drug-likeness (QED) is 0.590. The highest BCUT2D eigenvalue weighted by Crippen LogP contribution is 2.28. The normalized spacial score (nSPS) is 23.3. The van der Waals surface area contributed by atoms with Gasteiger partial charge in [-0.1, -0.05) is 36.7 Å². The standard InChI is InChI=1S/C10H20BrNO2Si/c1-9(2,3)15-14-10(4,5)12-7-6-8(11)13-12/h6-8H,15H2,1-5H3. The molecule has 0 aromatic carbocycles. The van der Waals surface area contributed by atoms with Crippen LogP contribution in [0.3, 0.4) is 0 Å². The molecule has 0 spiro atoms. The first kappa shape index (κ1) is 13.2. The smallest absolute Gasteiger partial charge is 0.170 e. The summed E-state index contributed by atoms with van der Waals surface area (Å²) in [6.45, 7) is 10.7. The van der Waals surface area contributed by atoms with E-state index in [0.29, 0.717) is 5.04 Å². The molecule has 0 fully saturated rings. The molecule has 1 atom stereocenters. The predicted octanol–water partition coefficient (Wildman–Crippen LogP) is 2.52. The van der Waals surface area contributed by atoms with E-state index in [1.165, 1.54) is 0 Å². The van der Waals surface area contributed by atoms with Crippen LogP contribution in [0.2, 0.25) is 5.04 Å². The molecule has 0 aromatic rings. The molecule has 1 rings (SSSR count). The fraction of sp³-hybridized carbons (Fsp3) is 0.800. The fourth-order valence-corrected chi connectivity index (χ4v) is 2.32. The van der Waals surface area contributed by atoms with Crippen molar-refractivity contribution in [3.63, 3.8) is 0 Å². The van der Waals surface area contributed by atoms with Crippen LogP contribution in [0.1, 0.15) is 34.6 Å². The van der Waals surface area contributed by atoms with Gasteiger partial charge in [-0.15, -0.1) is 0 Å². The minimum absolute atomic E-state index is 0.0309. The van der Waals surface area contributed by atoms with Crippen LogP contribution in [0.5, 0.6) is 0 Å². The second-order valence-electron chi connectivity index (χ2n) is 5.42. The summed E-state index contributed by atoms with van der Waals surface area (Å²) in [5.41, 5.74) is -0.376. The molecule has 0 aromatic heterocycles. The number of rotatable bonds is 3. The van der Waals surface area contributed by atoms with Gasteiger partial charge in [-0.3, -0.25) is 4.84 Å². The molecule has 1 heterocycles. The van der Waals surface area contributed by atoms with Crippen molar-refractivity contribution in [1.29, 1.82) is 0 Å². The Morgan fingerprint density at radius 3 is 2.33 bits per heavy atom. The summed E-state index contributed by atoms with van der Waals surface area (Å²) in [6, 6.07) is 0. The maximum Gasteiger partial charge on any atom is 0.170 e. The second-order valence-corrected chi connectivity index (χ2v) is 9.02. The van der Waals surface area contributed by atoms with Crippen molar-refractivity contribution in [2.24, 2.45) is 0 Å². The summed E-state index contributed by atoms with van der Waals surface area (Å²) >= 11 is 3.37. The highest BCUT2D eigenvalue weighted by atomic mass is 79.9. The third-order valence-electron chi connectivity index (χ3n) is 1.98. The van der Waals surface area contributed by atoms with Crippen molar-refractivity contribution in [1.82, 2.24) is 5.06 Å². The SMILES string of the molecule is CC(C)(C)[SiH2]OC(C)(C)N1C=CC(Br)O1. The fourth-order valence-electron chi connectivity index (χ4n) is 1.09. The average Bonchev–Trinajstić information content (AvgIpc) is 2.48. The molecule has 15 heavy (non-hydrogen) atoms. The molecular weight excluding hydrogens is 274 g/mol. The van der Waals surface area contributed by atoms with E-state index in [0.717, 1.165) is 0 Å².